The van der Waals surface area contributed by atoms with Crippen LogP contribution in [0, 0.1) is 0 Å². The lowest BCUT2D eigenvalue weighted by molar-refractivity contribution is 1.07. The van der Waals surface area contributed by atoms with Crippen LogP contribution < -0.4 is 0 Å². The third-order valence-electron chi connectivity index (χ3n) is 2.00. The van der Waals surface area contributed by atoms with Crippen molar-refractivity contribution >= 4 is 38.6 Å². The molecule has 2 rings (SSSR count). The quantitative estimate of drug-likeness (QED) is 0.631. The van der Waals surface area contributed by atoms with Crippen molar-refractivity contribution in [3.05, 3.63) is 29.0 Å². The van der Waals surface area contributed by atoms with E-state index in [-0.39, 0.29) is 0 Å². The molecule has 0 amide bonds. The van der Waals surface area contributed by atoms with Crippen LogP contribution in [0.3, 0.4) is 0 Å². The number of benzene rings is 1. The SMILES string of the molecule is CCCSc1ncnc2ccc(Br)cc12. The molecule has 0 unspecified atom stereocenters. The fraction of sp³-hybridized carbons (Fsp3) is 0.273. The molecule has 0 aliphatic rings. The van der Waals surface area contributed by atoms with E-state index in [9.17, 15) is 0 Å². The Bertz CT molecular complexity index is 473. The molecular weight excluding hydrogens is 272 g/mol. The molecule has 0 fully saturated rings. The molecule has 4 heteroatoms. The highest BCUT2D eigenvalue weighted by molar-refractivity contribution is 9.10. The van der Waals surface area contributed by atoms with Gasteiger partial charge >= 0.3 is 0 Å². The van der Waals surface area contributed by atoms with Crippen molar-refractivity contribution in [1.29, 1.82) is 0 Å². The molecule has 15 heavy (non-hydrogen) atoms. The summed E-state index contributed by atoms with van der Waals surface area (Å²) in [5.41, 5.74) is 1.01. The summed E-state index contributed by atoms with van der Waals surface area (Å²) < 4.78 is 1.07. The highest BCUT2D eigenvalue weighted by atomic mass is 79.9. The first kappa shape index (κ1) is 10.9. The Hall–Kier alpha value is -0.610. The van der Waals surface area contributed by atoms with Gasteiger partial charge in [0.05, 0.1) is 5.52 Å². The minimum Gasteiger partial charge on any atom is -0.236 e. The molecule has 0 N–H and O–H groups in total. The summed E-state index contributed by atoms with van der Waals surface area (Å²) in [5.74, 6) is 1.10. The summed E-state index contributed by atoms with van der Waals surface area (Å²) in [7, 11) is 0. The van der Waals surface area contributed by atoms with E-state index in [1.54, 1.807) is 18.1 Å². The minimum absolute atomic E-state index is 1.01. The number of hydrogen-bond donors (Lipinski definition) is 0. The van der Waals surface area contributed by atoms with Gasteiger partial charge in [-0.25, -0.2) is 9.97 Å². The summed E-state index contributed by atoms with van der Waals surface area (Å²) in [6.07, 6.45) is 2.79. The first-order valence-electron chi connectivity index (χ1n) is 4.84. The van der Waals surface area contributed by atoms with E-state index in [1.165, 1.54) is 0 Å². The molecule has 0 saturated carbocycles. The summed E-state index contributed by atoms with van der Waals surface area (Å²) in [5, 5.41) is 2.20. The molecule has 0 aliphatic heterocycles. The molecule has 2 nitrogen and oxygen atoms in total. The van der Waals surface area contributed by atoms with E-state index in [2.05, 4.69) is 38.9 Å². The lowest BCUT2D eigenvalue weighted by Crippen LogP contribution is -1.87. The topological polar surface area (TPSA) is 25.8 Å². The van der Waals surface area contributed by atoms with Gasteiger partial charge in [-0.1, -0.05) is 22.9 Å². The van der Waals surface area contributed by atoms with Crippen LogP contribution in [0.1, 0.15) is 13.3 Å². The van der Waals surface area contributed by atoms with E-state index in [1.807, 2.05) is 12.1 Å². The first-order valence-corrected chi connectivity index (χ1v) is 6.62. The monoisotopic (exact) mass is 282 g/mol. The molecule has 78 valence electrons. The average Bonchev–Trinajstić information content (AvgIpc) is 2.26. The van der Waals surface area contributed by atoms with Crippen molar-refractivity contribution in [2.24, 2.45) is 0 Å². The molecule has 1 aromatic carbocycles. The van der Waals surface area contributed by atoms with Gasteiger partial charge in [-0.05, 0) is 30.4 Å². The molecule has 0 radical (unpaired) electrons. The molecule has 0 spiro atoms. The lowest BCUT2D eigenvalue weighted by atomic mass is 10.2. The second-order valence-corrected chi connectivity index (χ2v) is 5.19. The van der Waals surface area contributed by atoms with E-state index in [0.717, 1.165) is 32.6 Å². The van der Waals surface area contributed by atoms with Gasteiger partial charge in [0.25, 0.3) is 0 Å². The third kappa shape index (κ3) is 2.49. The van der Waals surface area contributed by atoms with E-state index in [4.69, 9.17) is 0 Å². The van der Waals surface area contributed by atoms with Crippen LogP contribution in [0.5, 0.6) is 0 Å². The predicted molar refractivity (Wildman–Crippen MR) is 68.3 cm³/mol. The van der Waals surface area contributed by atoms with Gasteiger partial charge in [-0.15, -0.1) is 11.8 Å². The fourth-order valence-electron chi connectivity index (χ4n) is 1.32. The first-order chi connectivity index (χ1) is 7.31. The van der Waals surface area contributed by atoms with Gasteiger partial charge in [-0.2, -0.15) is 0 Å². The van der Waals surface area contributed by atoms with Crippen molar-refractivity contribution in [2.45, 2.75) is 18.4 Å². The van der Waals surface area contributed by atoms with Gasteiger partial charge < -0.3 is 0 Å². The number of aromatic nitrogens is 2. The average molecular weight is 283 g/mol. The number of halogens is 1. The number of rotatable bonds is 3. The summed E-state index contributed by atoms with van der Waals surface area (Å²) >= 11 is 5.26. The predicted octanol–water partition coefficient (Wildman–Crippen LogP) is 3.89. The summed E-state index contributed by atoms with van der Waals surface area (Å²) in [6.45, 7) is 2.17. The maximum absolute atomic E-state index is 4.32. The lowest BCUT2D eigenvalue weighted by Gasteiger charge is -2.03. The molecule has 1 heterocycles. The summed E-state index contributed by atoms with van der Waals surface area (Å²) in [4.78, 5) is 8.56. The van der Waals surface area contributed by atoms with Crippen molar-refractivity contribution in [2.75, 3.05) is 5.75 Å². The number of nitrogens with zero attached hydrogens (tertiary/aromatic N) is 2. The molecule has 0 bridgehead atoms. The zero-order chi connectivity index (χ0) is 10.7. The minimum atomic E-state index is 1.01. The van der Waals surface area contributed by atoms with Crippen LogP contribution in [-0.4, -0.2) is 15.7 Å². The number of fused-ring (bicyclic) bond motifs is 1. The van der Waals surface area contributed by atoms with Crippen molar-refractivity contribution in [3.63, 3.8) is 0 Å². The highest BCUT2D eigenvalue weighted by Gasteiger charge is 2.03. The Morgan fingerprint density at radius 2 is 2.20 bits per heavy atom. The molecule has 0 aliphatic carbocycles. The van der Waals surface area contributed by atoms with Gasteiger partial charge in [0, 0.05) is 9.86 Å². The van der Waals surface area contributed by atoms with Crippen LogP contribution in [0.2, 0.25) is 0 Å². The Morgan fingerprint density at radius 1 is 1.33 bits per heavy atom. The van der Waals surface area contributed by atoms with Gasteiger partial charge in [0.2, 0.25) is 0 Å². The van der Waals surface area contributed by atoms with E-state index >= 15 is 0 Å². The zero-order valence-corrected chi connectivity index (χ0v) is 10.8. The molecular formula is C11H11BrN2S. The van der Waals surface area contributed by atoms with Crippen LogP contribution >= 0.6 is 27.7 Å². The van der Waals surface area contributed by atoms with Crippen LogP contribution in [0.25, 0.3) is 10.9 Å². The smallest absolute Gasteiger partial charge is 0.117 e. The second-order valence-electron chi connectivity index (χ2n) is 3.19. The molecule has 0 saturated heterocycles. The standard InChI is InChI=1S/C11H11BrN2S/c1-2-5-15-11-9-6-8(12)3-4-10(9)13-7-14-11/h3-4,6-7H,2,5H2,1H3. The Labute approximate surface area is 102 Å². The van der Waals surface area contributed by atoms with Gasteiger partial charge in [0.15, 0.2) is 0 Å². The van der Waals surface area contributed by atoms with Gasteiger partial charge in [0.1, 0.15) is 11.4 Å². The molecule has 1 aromatic heterocycles. The third-order valence-corrected chi connectivity index (χ3v) is 3.71. The maximum Gasteiger partial charge on any atom is 0.117 e. The largest absolute Gasteiger partial charge is 0.236 e. The fourth-order valence-corrected chi connectivity index (χ4v) is 2.52. The molecule has 2 aromatic rings. The second kappa shape index (κ2) is 4.94. The van der Waals surface area contributed by atoms with E-state index < -0.39 is 0 Å². The Balaban J connectivity index is 2.48. The Morgan fingerprint density at radius 3 is 3.00 bits per heavy atom. The van der Waals surface area contributed by atoms with Crippen LogP contribution in [0.4, 0.5) is 0 Å². The Kier molecular flexibility index (Phi) is 3.59. The summed E-state index contributed by atoms with van der Waals surface area (Å²) in [6, 6.07) is 6.09. The zero-order valence-electron chi connectivity index (χ0n) is 8.40. The number of thioether (sulfide) groups is 1. The normalized spacial score (nSPS) is 10.8. The van der Waals surface area contributed by atoms with Gasteiger partial charge in [-0.3, -0.25) is 0 Å². The molecule has 0 atom stereocenters. The van der Waals surface area contributed by atoms with E-state index in [0.29, 0.717) is 0 Å². The highest BCUT2D eigenvalue weighted by Crippen LogP contribution is 2.27. The van der Waals surface area contributed by atoms with Crippen LogP contribution in [0.15, 0.2) is 34.0 Å². The van der Waals surface area contributed by atoms with Crippen molar-refractivity contribution < 1.29 is 0 Å². The van der Waals surface area contributed by atoms with Crippen LogP contribution in [-0.2, 0) is 0 Å². The van der Waals surface area contributed by atoms with Crippen molar-refractivity contribution in [1.82, 2.24) is 9.97 Å². The number of hydrogen-bond acceptors (Lipinski definition) is 3. The maximum atomic E-state index is 4.32. The van der Waals surface area contributed by atoms with Crippen molar-refractivity contribution in [3.8, 4) is 0 Å².